The van der Waals surface area contributed by atoms with E-state index in [1.807, 2.05) is 48.7 Å². The highest BCUT2D eigenvalue weighted by atomic mass is 32.1. The molecule has 0 N–H and O–H groups in total. The summed E-state index contributed by atoms with van der Waals surface area (Å²) in [5, 5.41) is 3.58. The van der Waals surface area contributed by atoms with Gasteiger partial charge in [0.1, 0.15) is 0 Å². The Morgan fingerprint density at radius 1 is 1.11 bits per heavy atom. The molecule has 1 amide bonds. The molecule has 2 aromatic carbocycles. The third kappa shape index (κ3) is 3.88. The van der Waals surface area contributed by atoms with Gasteiger partial charge in [-0.2, -0.15) is 0 Å². The van der Waals surface area contributed by atoms with Crippen LogP contribution in [0.1, 0.15) is 23.2 Å². The SMILES string of the molecule is CCc1ccc(N(C(=O)/C=C/c2csc(C)n2)c2nc3ccccc3s2)cc1. The number of aromatic nitrogens is 2. The maximum Gasteiger partial charge on any atom is 0.257 e. The predicted octanol–water partition coefficient (Wildman–Crippen LogP) is 6.00. The summed E-state index contributed by atoms with van der Waals surface area (Å²) >= 11 is 3.08. The first-order chi connectivity index (χ1) is 13.6. The van der Waals surface area contributed by atoms with Gasteiger partial charge in [0.25, 0.3) is 5.91 Å². The van der Waals surface area contributed by atoms with Crippen LogP contribution in [0, 0.1) is 6.92 Å². The van der Waals surface area contributed by atoms with Gasteiger partial charge in [-0.15, -0.1) is 11.3 Å². The second-order valence-electron chi connectivity index (χ2n) is 6.28. The summed E-state index contributed by atoms with van der Waals surface area (Å²) in [5.41, 5.74) is 3.72. The summed E-state index contributed by atoms with van der Waals surface area (Å²) in [6.45, 7) is 4.07. The van der Waals surface area contributed by atoms with Gasteiger partial charge < -0.3 is 0 Å². The summed E-state index contributed by atoms with van der Waals surface area (Å²) in [5.74, 6) is -0.144. The van der Waals surface area contributed by atoms with E-state index in [4.69, 9.17) is 0 Å². The number of carbonyl (C=O) groups is 1. The number of para-hydroxylation sites is 1. The molecule has 0 radical (unpaired) electrons. The molecule has 6 heteroatoms. The second-order valence-corrected chi connectivity index (χ2v) is 8.35. The quantitative estimate of drug-likeness (QED) is 0.382. The fraction of sp³-hybridized carbons (Fsp3) is 0.136. The van der Waals surface area contributed by atoms with Crippen LogP contribution in [0.5, 0.6) is 0 Å². The third-order valence-corrected chi connectivity index (χ3v) is 6.14. The van der Waals surface area contributed by atoms with Crippen LogP contribution in [0.3, 0.4) is 0 Å². The fourth-order valence-electron chi connectivity index (χ4n) is 2.86. The van der Waals surface area contributed by atoms with Crippen LogP contribution in [-0.4, -0.2) is 15.9 Å². The molecule has 0 fully saturated rings. The predicted molar refractivity (Wildman–Crippen MR) is 118 cm³/mol. The molecule has 0 spiro atoms. The van der Waals surface area contributed by atoms with Crippen molar-refractivity contribution < 1.29 is 4.79 Å². The van der Waals surface area contributed by atoms with Gasteiger partial charge >= 0.3 is 0 Å². The average Bonchev–Trinajstić information content (AvgIpc) is 3.33. The van der Waals surface area contributed by atoms with Crippen LogP contribution in [-0.2, 0) is 11.2 Å². The van der Waals surface area contributed by atoms with E-state index in [0.29, 0.717) is 5.13 Å². The maximum atomic E-state index is 13.1. The Kier molecular flexibility index (Phi) is 5.32. The molecule has 0 aliphatic rings. The van der Waals surface area contributed by atoms with Crippen LogP contribution in [0.25, 0.3) is 16.3 Å². The number of hydrogen-bond donors (Lipinski definition) is 0. The second kappa shape index (κ2) is 8.04. The van der Waals surface area contributed by atoms with Crippen molar-refractivity contribution in [3.63, 3.8) is 0 Å². The number of hydrogen-bond acceptors (Lipinski definition) is 5. The lowest BCUT2D eigenvalue weighted by Gasteiger charge is -2.18. The Morgan fingerprint density at radius 3 is 2.57 bits per heavy atom. The van der Waals surface area contributed by atoms with E-state index in [1.54, 1.807) is 28.4 Å². The van der Waals surface area contributed by atoms with Gasteiger partial charge in [0.05, 0.1) is 26.6 Å². The van der Waals surface area contributed by atoms with Crippen molar-refractivity contribution in [1.29, 1.82) is 0 Å². The molecule has 4 nitrogen and oxygen atoms in total. The third-order valence-electron chi connectivity index (χ3n) is 4.33. The summed E-state index contributed by atoms with van der Waals surface area (Å²) in [7, 11) is 0. The van der Waals surface area contributed by atoms with E-state index >= 15 is 0 Å². The van der Waals surface area contributed by atoms with E-state index in [0.717, 1.165) is 33.0 Å². The van der Waals surface area contributed by atoms with E-state index in [2.05, 4.69) is 29.0 Å². The van der Waals surface area contributed by atoms with Gasteiger partial charge in [-0.3, -0.25) is 9.69 Å². The lowest BCUT2D eigenvalue weighted by Crippen LogP contribution is -2.23. The van der Waals surface area contributed by atoms with Crippen molar-refractivity contribution in [3.05, 3.63) is 76.3 Å². The zero-order valence-corrected chi connectivity index (χ0v) is 17.3. The van der Waals surface area contributed by atoms with E-state index in [-0.39, 0.29) is 5.91 Å². The summed E-state index contributed by atoms with van der Waals surface area (Å²) in [6, 6.07) is 16.0. The highest BCUT2D eigenvalue weighted by molar-refractivity contribution is 7.22. The molecule has 0 saturated carbocycles. The number of aryl methyl sites for hydroxylation is 2. The first-order valence-corrected chi connectivity index (χ1v) is 10.7. The maximum absolute atomic E-state index is 13.1. The van der Waals surface area contributed by atoms with Crippen molar-refractivity contribution in [1.82, 2.24) is 9.97 Å². The number of benzene rings is 2. The highest BCUT2D eigenvalue weighted by Crippen LogP contribution is 2.34. The Bertz CT molecular complexity index is 1110. The molecule has 0 atom stereocenters. The minimum absolute atomic E-state index is 0.144. The Hall–Kier alpha value is -2.83. The summed E-state index contributed by atoms with van der Waals surface area (Å²) < 4.78 is 1.06. The van der Waals surface area contributed by atoms with Crippen LogP contribution in [0.4, 0.5) is 10.8 Å². The van der Waals surface area contributed by atoms with E-state index in [1.165, 1.54) is 16.9 Å². The van der Waals surface area contributed by atoms with E-state index < -0.39 is 0 Å². The standard InChI is InChI=1S/C22H19N3OS2/c1-3-16-8-11-18(12-9-16)25(21(26)13-10-17-14-27-15(2)23-17)22-24-19-6-4-5-7-20(19)28-22/h4-14H,3H2,1-2H3/b13-10+. The van der Waals surface area contributed by atoms with Crippen molar-refractivity contribution in [3.8, 4) is 0 Å². The molecular weight excluding hydrogens is 386 g/mol. The fourth-order valence-corrected chi connectivity index (χ4v) is 4.43. The van der Waals surface area contributed by atoms with Crippen LogP contribution in [0.2, 0.25) is 0 Å². The van der Waals surface area contributed by atoms with Crippen LogP contribution < -0.4 is 4.90 Å². The van der Waals surface area contributed by atoms with Gasteiger partial charge in [-0.05, 0) is 49.2 Å². The monoisotopic (exact) mass is 405 g/mol. The molecule has 2 heterocycles. The Labute approximate surface area is 171 Å². The number of thiazole rings is 2. The first kappa shape index (κ1) is 18.5. The number of carbonyl (C=O) groups excluding carboxylic acids is 1. The zero-order chi connectivity index (χ0) is 19.5. The minimum Gasteiger partial charge on any atom is -0.269 e. The van der Waals surface area contributed by atoms with Crippen molar-refractivity contribution in [2.75, 3.05) is 4.90 Å². The topological polar surface area (TPSA) is 46.1 Å². The van der Waals surface area contributed by atoms with Crippen LogP contribution >= 0.6 is 22.7 Å². The smallest absolute Gasteiger partial charge is 0.257 e. The largest absolute Gasteiger partial charge is 0.269 e. The molecule has 140 valence electrons. The van der Waals surface area contributed by atoms with Gasteiger partial charge in [0.15, 0.2) is 5.13 Å². The molecule has 4 aromatic rings. The normalized spacial score (nSPS) is 11.4. The van der Waals surface area contributed by atoms with Gasteiger partial charge in [-0.1, -0.05) is 42.5 Å². The summed E-state index contributed by atoms with van der Waals surface area (Å²) in [4.78, 5) is 23.9. The number of rotatable bonds is 5. The van der Waals surface area contributed by atoms with Gasteiger partial charge in [-0.25, -0.2) is 9.97 Å². The molecule has 0 aliphatic heterocycles. The van der Waals surface area contributed by atoms with E-state index in [9.17, 15) is 4.79 Å². The molecule has 0 bridgehead atoms. The average molecular weight is 406 g/mol. The summed E-state index contributed by atoms with van der Waals surface area (Å²) in [6.07, 6.45) is 4.28. The lowest BCUT2D eigenvalue weighted by atomic mass is 10.1. The molecule has 2 aromatic heterocycles. The molecular formula is C22H19N3OS2. The molecule has 0 saturated heterocycles. The minimum atomic E-state index is -0.144. The van der Waals surface area contributed by atoms with Crippen LogP contribution in [0.15, 0.2) is 60.0 Å². The lowest BCUT2D eigenvalue weighted by molar-refractivity contribution is -0.113. The van der Waals surface area contributed by atoms with Gasteiger partial charge in [0.2, 0.25) is 0 Å². The number of fused-ring (bicyclic) bond motifs is 1. The van der Waals surface area contributed by atoms with Crippen molar-refractivity contribution >= 4 is 55.7 Å². The van der Waals surface area contributed by atoms with Crippen molar-refractivity contribution in [2.45, 2.75) is 20.3 Å². The molecule has 0 unspecified atom stereocenters. The van der Waals surface area contributed by atoms with Crippen molar-refractivity contribution in [2.24, 2.45) is 0 Å². The molecule has 0 aliphatic carbocycles. The Balaban J connectivity index is 1.73. The first-order valence-electron chi connectivity index (χ1n) is 9.03. The number of nitrogens with zero attached hydrogens (tertiary/aromatic N) is 3. The zero-order valence-electron chi connectivity index (χ0n) is 15.6. The van der Waals surface area contributed by atoms with Gasteiger partial charge in [0, 0.05) is 11.5 Å². The molecule has 4 rings (SSSR count). The Morgan fingerprint density at radius 2 is 1.89 bits per heavy atom. The number of anilines is 2. The number of amides is 1. The molecule has 28 heavy (non-hydrogen) atoms. The highest BCUT2D eigenvalue weighted by Gasteiger charge is 2.20.